The van der Waals surface area contributed by atoms with Crippen molar-refractivity contribution in [1.29, 1.82) is 0 Å². The summed E-state index contributed by atoms with van der Waals surface area (Å²) in [5, 5.41) is 10.4. The quantitative estimate of drug-likeness (QED) is 0.915. The van der Waals surface area contributed by atoms with Gasteiger partial charge < -0.3 is 9.84 Å². The van der Waals surface area contributed by atoms with Crippen molar-refractivity contribution < 1.29 is 9.84 Å². The number of ether oxygens (including phenoxy) is 1. The van der Waals surface area contributed by atoms with Gasteiger partial charge in [-0.3, -0.25) is 0 Å². The zero-order valence-electron chi connectivity index (χ0n) is 10.5. The molecule has 1 heterocycles. The van der Waals surface area contributed by atoms with Gasteiger partial charge >= 0.3 is 0 Å². The molecule has 0 aliphatic heterocycles. The molecule has 0 spiro atoms. The van der Waals surface area contributed by atoms with Crippen LogP contribution < -0.4 is 4.74 Å². The number of halogens is 1. The number of rotatable bonds is 3. The van der Waals surface area contributed by atoms with E-state index in [1.165, 1.54) is 4.88 Å². The number of hydrogen-bond acceptors (Lipinski definition) is 3. The van der Waals surface area contributed by atoms with E-state index in [0.29, 0.717) is 0 Å². The number of aliphatic hydroxyl groups excluding tert-OH is 1. The van der Waals surface area contributed by atoms with Gasteiger partial charge in [-0.1, -0.05) is 12.1 Å². The zero-order chi connectivity index (χ0) is 13.3. The minimum atomic E-state index is -0.618. The summed E-state index contributed by atoms with van der Waals surface area (Å²) in [6, 6.07) is 7.81. The lowest BCUT2D eigenvalue weighted by atomic mass is 10.1. The Morgan fingerprint density at radius 3 is 2.56 bits per heavy atom. The molecule has 0 saturated heterocycles. The molecular formula is C14H15BrO2S. The predicted molar refractivity (Wildman–Crippen MR) is 78.5 cm³/mol. The van der Waals surface area contributed by atoms with E-state index in [4.69, 9.17) is 4.74 Å². The van der Waals surface area contributed by atoms with Gasteiger partial charge in [-0.25, -0.2) is 0 Å². The molecule has 0 amide bonds. The van der Waals surface area contributed by atoms with Crippen LogP contribution >= 0.6 is 27.3 Å². The van der Waals surface area contributed by atoms with Crippen molar-refractivity contribution in [3.05, 3.63) is 49.6 Å². The summed E-state index contributed by atoms with van der Waals surface area (Å²) in [6.45, 7) is 4.02. The average molecular weight is 327 g/mol. The maximum atomic E-state index is 10.4. The first-order chi connectivity index (χ1) is 8.52. The minimum absolute atomic E-state index is 0.618. The summed E-state index contributed by atoms with van der Waals surface area (Å²) in [4.78, 5) is 2.11. The molecule has 0 bridgehead atoms. The Morgan fingerprint density at radius 1 is 1.28 bits per heavy atom. The Kier molecular flexibility index (Phi) is 4.10. The van der Waals surface area contributed by atoms with Crippen LogP contribution in [0.5, 0.6) is 5.75 Å². The molecule has 1 unspecified atom stereocenters. The topological polar surface area (TPSA) is 29.5 Å². The van der Waals surface area contributed by atoms with Gasteiger partial charge in [0.15, 0.2) is 0 Å². The number of aryl methyl sites for hydroxylation is 2. The van der Waals surface area contributed by atoms with Gasteiger partial charge in [0.2, 0.25) is 0 Å². The van der Waals surface area contributed by atoms with Gasteiger partial charge in [0.05, 0.1) is 12.0 Å². The molecule has 2 aromatic rings. The molecule has 96 valence electrons. The molecule has 0 aliphatic carbocycles. The Hall–Kier alpha value is -0.840. The highest BCUT2D eigenvalue weighted by molar-refractivity contribution is 9.10. The number of benzene rings is 1. The third-order valence-electron chi connectivity index (χ3n) is 2.83. The first-order valence-corrected chi connectivity index (χ1v) is 7.22. The molecule has 0 saturated carbocycles. The molecule has 1 aromatic carbocycles. The van der Waals surface area contributed by atoms with Crippen molar-refractivity contribution in [3.63, 3.8) is 0 Å². The minimum Gasteiger partial charge on any atom is -0.496 e. The normalized spacial score (nSPS) is 12.5. The molecule has 1 atom stereocenters. The molecule has 2 rings (SSSR count). The summed E-state index contributed by atoms with van der Waals surface area (Å²) in [6.07, 6.45) is -0.618. The smallest absolute Gasteiger partial charge is 0.122 e. The molecule has 0 fully saturated rings. The lowest BCUT2D eigenvalue weighted by Gasteiger charge is -2.13. The molecule has 2 nitrogen and oxygen atoms in total. The fraction of sp³-hybridized carbons (Fsp3) is 0.286. The van der Waals surface area contributed by atoms with Crippen LogP contribution in [0.3, 0.4) is 0 Å². The van der Waals surface area contributed by atoms with E-state index in [9.17, 15) is 5.11 Å². The van der Waals surface area contributed by atoms with Crippen molar-refractivity contribution in [2.24, 2.45) is 0 Å². The Bertz CT molecular complexity index is 563. The van der Waals surface area contributed by atoms with Gasteiger partial charge in [-0.05, 0) is 53.0 Å². The second kappa shape index (κ2) is 5.43. The van der Waals surface area contributed by atoms with Crippen molar-refractivity contribution >= 4 is 27.3 Å². The van der Waals surface area contributed by atoms with Gasteiger partial charge in [0, 0.05) is 9.35 Å². The molecule has 1 aromatic heterocycles. The van der Waals surface area contributed by atoms with Crippen LogP contribution in [0.25, 0.3) is 0 Å². The Balaban J connectivity index is 2.39. The number of methoxy groups -OCH3 is 1. The maximum absolute atomic E-state index is 10.4. The van der Waals surface area contributed by atoms with Crippen LogP contribution in [0.2, 0.25) is 0 Å². The van der Waals surface area contributed by atoms with E-state index in [-0.39, 0.29) is 0 Å². The third kappa shape index (κ3) is 2.60. The van der Waals surface area contributed by atoms with Gasteiger partial charge in [-0.2, -0.15) is 0 Å². The van der Waals surface area contributed by atoms with Crippen LogP contribution in [-0.4, -0.2) is 12.2 Å². The van der Waals surface area contributed by atoms with Gasteiger partial charge in [0.1, 0.15) is 11.9 Å². The van der Waals surface area contributed by atoms with Crippen LogP contribution in [-0.2, 0) is 0 Å². The van der Waals surface area contributed by atoms with Crippen molar-refractivity contribution in [1.82, 2.24) is 0 Å². The van der Waals surface area contributed by atoms with Crippen LogP contribution in [0.15, 0.2) is 28.7 Å². The van der Waals surface area contributed by atoms with E-state index in [2.05, 4.69) is 15.9 Å². The average Bonchev–Trinajstić information content (AvgIpc) is 2.68. The first-order valence-electron chi connectivity index (χ1n) is 5.61. The third-order valence-corrected chi connectivity index (χ3v) is 4.85. The molecule has 4 heteroatoms. The summed E-state index contributed by atoms with van der Waals surface area (Å²) in [7, 11) is 1.64. The largest absolute Gasteiger partial charge is 0.496 e. The van der Waals surface area contributed by atoms with Crippen LogP contribution in [0, 0.1) is 13.8 Å². The van der Waals surface area contributed by atoms with E-state index >= 15 is 0 Å². The lowest BCUT2D eigenvalue weighted by molar-refractivity contribution is 0.223. The fourth-order valence-electron chi connectivity index (χ4n) is 1.85. The number of thiophene rings is 1. The van der Waals surface area contributed by atoms with E-state index in [0.717, 1.165) is 26.2 Å². The maximum Gasteiger partial charge on any atom is 0.122 e. The fourth-order valence-corrected chi connectivity index (χ4v) is 3.73. The molecule has 0 aliphatic rings. The van der Waals surface area contributed by atoms with Gasteiger partial charge in [-0.15, -0.1) is 11.3 Å². The summed E-state index contributed by atoms with van der Waals surface area (Å²) in [5.74, 6) is 0.802. The van der Waals surface area contributed by atoms with Crippen LogP contribution in [0.4, 0.5) is 0 Å². The molecular weight excluding hydrogens is 312 g/mol. The van der Waals surface area contributed by atoms with Gasteiger partial charge in [0.25, 0.3) is 0 Å². The zero-order valence-corrected chi connectivity index (χ0v) is 12.9. The highest BCUT2D eigenvalue weighted by Crippen LogP contribution is 2.36. The summed E-state index contributed by atoms with van der Waals surface area (Å²) in [5.41, 5.74) is 1.91. The Labute approximate surface area is 119 Å². The van der Waals surface area contributed by atoms with Crippen LogP contribution in [0.1, 0.15) is 27.0 Å². The second-order valence-corrected chi connectivity index (χ2v) is 6.34. The standard InChI is InChI=1S/C14H15BrO2S/c1-8-4-5-10(7-12(8)17-3)13(16)14-11(15)6-9(2)18-14/h4-7,13,16H,1-3H3. The summed E-state index contributed by atoms with van der Waals surface area (Å²) < 4.78 is 6.24. The highest BCUT2D eigenvalue weighted by atomic mass is 79.9. The van der Waals surface area contributed by atoms with E-state index in [1.54, 1.807) is 18.4 Å². The number of hydrogen-bond donors (Lipinski definition) is 1. The second-order valence-electron chi connectivity index (χ2n) is 4.20. The summed E-state index contributed by atoms with van der Waals surface area (Å²) >= 11 is 5.08. The molecule has 1 N–H and O–H groups in total. The number of aliphatic hydroxyl groups is 1. The van der Waals surface area contributed by atoms with E-state index in [1.807, 2.05) is 38.1 Å². The van der Waals surface area contributed by atoms with Crippen molar-refractivity contribution in [3.8, 4) is 5.75 Å². The monoisotopic (exact) mass is 326 g/mol. The lowest BCUT2D eigenvalue weighted by Crippen LogP contribution is -1.99. The molecule has 0 radical (unpaired) electrons. The van der Waals surface area contributed by atoms with Crippen molar-refractivity contribution in [2.45, 2.75) is 20.0 Å². The van der Waals surface area contributed by atoms with E-state index < -0.39 is 6.10 Å². The van der Waals surface area contributed by atoms with Crippen molar-refractivity contribution in [2.75, 3.05) is 7.11 Å². The SMILES string of the molecule is COc1cc(C(O)c2sc(C)cc2Br)ccc1C. The predicted octanol–water partition coefficient (Wildman–Crippen LogP) is 4.22. The first kappa shape index (κ1) is 13.6. The highest BCUT2D eigenvalue weighted by Gasteiger charge is 2.17. The molecule has 18 heavy (non-hydrogen) atoms. The Morgan fingerprint density at radius 2 is 2.00 bits per heavy atom.